The standard InChI is InChI=1S/C24H30ClN3O2/c1-24(2,3)18-12-10-17(11-13-18)16-28(21-9-4-5-14-26-22(21)29)23(30)27-20-8-6-7-19(25)15-20/h6-8,10-13,15,21H,4-5,9,14,16H2,1-3H3,(H,26,29)(H,27,30). The van der Waals surface area contributed by atoms with Gasteiger partial charge in [-0.1, -0.05) is 62.7 Å². The van der Waals surface area contributed by atoms with E-state index in [0.717, 1.165) is 18.4 Å². The summed E-state index contributed by atoms with van der Waals surface area (Å²) in [6, 6.07) is 14.5. The fraction of sp³-hybridized carbons (Fsp3) is 0.417. The third-order valence-corrected chi connectivity index (χ3v) is 5.63. The highest BCUT2D eigenvalue weighted by Gasteiger charge is 2.31. The average Bonchev–Trinajstić information content (AvgIpc) is 2.90. The van der Waals surface area contributed by atoms with Crippen molar-refractivity contribution < 1.29 is 9.59 Å². The van der Waals surface area contributed by atoms with E-state index in [4.69, 9.17) is 11.6 Å². The molecule has 1 aliphatic heterocycles. The highest BCUT2D eigenvalue weighted by molar-refractivity contribution is 6.30. The maximum Gasteiger partial charge on any atom is 0.322 e. The quantitative estimate of drug-likeness (QED) is 0.691. The summed E-state index contributed by atoms with van der Waals surface area (Å²) in [7, 11) is 0. The summed E-state index contributed by atoms with van der Waals surface area (Å²) in [5.74, 6) is -0.0972. The van der Waals surface area contributed by atoms with Gasteiger partial charge in [0, 0.05) is 23.8 Å². The third-order valence-electron chi connectivity index (χ3n) is 5.39. The first-order valence-electron chi connectivity index (χ1n) is 10.4. The largest absolute Gasteiger partial charge is 0.354 e. The van der Waals surface area contributed by atoms with Crippen LogP contribution >= 0.6 is 11.6 Å². The van der Waals surface area contributed by atoms with E-state index in [1.807, 2.05) is 12.1 Å². The van der Waals surface area contributed by atoms with Crippen LogP contribution in [0, 0.1) is 0 Å². The topological polar surface area (TPSA) is 61.4 Å². The van der Waals surface area contributed by atoms with E-state index >= 15 is 0 Å². The molecule has 3 amide bonds. The number of carbonyl (C=O) groups is 2. The molecule has 0 radical (unpaired) electrons. The van der Waals surface area contributed by atoms with Crippen molar-refractivity contribution in [2.24, 2.45) is 0 Å². The number of carbonyl (C=O) groups excluding carboxylic acids is 2. The third kappa shape index (κ3) is 5.76. The Morgan fingerprint density at radius 1 is 1.17 bits per heavy atom. The minimum Gasteiger partial charge on any atom is -0.354 e. The molecule has 0 aliphatic carbocycles. The predicted octanol–water partition coefficient (Wildman–Crippen LogP) is 5.34. The lowest BCUT2D eigenvalue weighted by molar-refractivity contribution is -0.125. The lowest BCUT2D eigenvalue weighted by Crippen LogP contribution is -2.49. The number of nitrogens with zero attached hydrogens (tertiary/aromatic N) is 1. The molecular formula is C24H30ClN3O2. The number of halogens is 1. The zero-order chi connectivity index (χ0) is 21.7. The molecule has 1 saturated heterocycles. The summed E-state index contributed by atoms with van der Waals surface area (Å²) in [5, 5.41) is 6.38. The fourth-order valence-electron chi connectivity index (χ4n) is 3.61. The van der Waals surface area contributed by atoms with Gasteiger partial charge >= 0.3 is 6.03 Å². The molecular weight excluding hydrogens is 398 g/mol. The van der Waals surface area contributed by atoms with Crippen LogP contribution in [0.5, 0.6) is 0 Å². The van der Waals surface area contributed by atoms with Crippen LogP contribution in [0.2, 0.25) is 5.02 Å². The molecule has 1 atom stereocenters. The van der Waals surface area contributed by atoms with Crippen molar-refractivity contribution in [3.63, 3.8) is 0 Å². The maximum atomic E-state index is 13.2. The molecule has 3 rings (SSSR count). The first-order chi connectivity index (χ1) is 14.2. The number of rotatable bonds is 4. The first-order valence-corrected chi connectivity index (χ1v) is 10.8. The summed E-state index contributed by atoms with van der Waals surface area (Å²) in [5.41, 5.74) is 2.88. The number of anilines is 1. The summed E-state index contributed by atoms with van der Waals surface area (Å²) in [4.78, 5) is 27.5. The van der Waals surface area contributed by atoms with Gasteiger partial charge in [0.25, 0.3) is 0 Å². The Kier molecular flexibility index (Phi) is 7.03. The van der Waals surface area contributed by atoms with E-state index < -0.39 is 6.04 Å². The molecule has 160 valence electrons. The van der Waals surface area contributed by atoms with Gasteiger partial charge in [-0.05, 0) is 54.0 Å². The molecule has 1 fully saturated rings. The van der Waals surface area contributed by atoms with E-state index in [9.17, 15) is 9.59 Å². The van der Waals surface area contributed by atoms with Crippen molar-refractivity contribution in [1.29, 1.82) is 0 Å². The minimum absolute atomic E-state index is 0.0589. The molecule has 2 N–H and O–H groups in total. The number of hydrogen-bond acceptors (Lipinski definition) is 2. The summed E-state index contributed by atoms with van der Waals surface area (Å²) >= 11 is 6.05. The normalized spacial score (nSPS) is 17.1. The Morgan fingerprint density at radius 3 is 2.57 bits per heavy atom. The van der Waals surface area contributed by atoms with Gasteiger partial charge in [0.05, 0.1) is 0 Å². The molecule has 6 heteroatoms. The molecule has 0 saturated carbocycles. The van der Waals surface area contributed by atoms with Crippen molar-refractivity contribution in [2.75, 3.05) is 11.9 Å². The number of hydrogen-bond donors (Lipinski definition) is 2. The molecule has 0 spiro atoms. The molecule has 1 aliphatic rings. The van der Waals surface area contributed by atoms with Crippen molar-refractivity contribution in [3.05, 3.63) is 64.7 Å². The zero-order valence-corrected chi connectivity index (χ0v) is 18.6. The molecule has 0 aromatic heterocycles. The van der Waals surface area contributed by atoms with Crippen LogP contribution in [-0.2, 0) is 16.8 Å². The Labute approximate surface area is 183 Å². The van der Waals surface area contributed by atoms with Crippen LogP contribution in [0.25, 0.3) is 0 Å². The van der Waals surface area contributed by atoms with E-state index in [2.05, 4.69) is 43.5 Å². The van der Waals surface area contributed by atoms with Crippen molar-refractivity contribution in [2.45, 2.75) is 58.0 Å². The summed E-state index contributed by atoms with van der Waals surface area (Å²) in [6.07, 6.45) is 2.47. The fourth-order valence-corrected chi connectivity index (χ4v) is 3.80. The van der Waals surface area contributed by atoms with Gasteiger partial charge in [0.15, 0.2) is 0 Å². The molecule has 1 unspecified atom stereocenters. The number of nitrogens with one attached hydrogen (secondary N) is 2. The van der Waals surface area contributed by atoms with Crippen LogP contribution < -0.4 is 10.6 Å². The van der Waals surface area contributed by atoms with Crippen LogP contribution in [0.3, 0.4) is 0 Å². The van der Waals surface area contributed by atoms with Crippen LogP contribution in [-0.4, -0.2) is 29.4 Å². The second-order valence-corrected chi connectivity index (χ2v) is 9.25. The Bertz CT molecular complexity index is 890. The van der Waals surface area contributed by atoms with Gasteiger partial charge in [-0.15, -0.1) is 0 Å². The Balaban J connectivity index is 1.84. The lowest BCUT2D eigenvalue weighted by atomic mass is 9.86. The monoisotopic (exact) mass is 427 g/mol. The minimum atomic E-state index is -0.506. The summed E-state index contributed by atoms with van der Waals surface area (Å²) < 4.78 is 0. The van der Waals surface area contributed by atoms with Gasteiger partial charge in [-0.2, -0.15) is 0 Å². The Morgan fingerprint density at radius 2 is 1.90 bits per heavy atom. The zero-order valence-electron chi connectivity index (χ0n) is 17.9. The Hall–Kier alpha value is -2.53. The molecule has 2 aromatic carbocycles. The van der Waals surface area contributed by atoms with Crippen molar-refractivity contribution in [1.82, 2.24) is 10.2 Å². The van der Waals surface area contributed by atoms with Crippen LogP contribution in [0.1, 0.15) is 51.2 Å². The van der Waals surface area contributed by atoms with Crippen molar-refractivity contribution >= 4 is 29.2 Å². The highest BCUT2D eigenvalue weighted by atomic mass is 35.5. The van der Waals surface area contributed by atoms with Crippen LogP contribution in [0.4, 0.5) is 10.5 Å². The SMILES string of the molecule is CC(C)(C)c1ccc(CN(C(=O)Nc2cccc(Cl)c2)C2CCCCNC2=O)cc1. The second-order valence-electron chi connectivity index (χ2n) is 8.82. The van der Waals surface area contributed by atoms with Crippen LogP contribution in [0.15, 0.2) is 48.5 Å². The number of urea groups is 1. The molecule has 0 bridgehead atoms. The van der Waals surface area contributed by atoms with Gasteiger partial charge in [-0.3, -0.25) is 4.79 Å². The van der Waals surface area contributed by atoms with E-state index in [1.165, 1.54) is 5.56 Å². The smallest absolute Gasteiger partial charge is 0.322 e. The van der Waals surface area contributed by atoms with Gasteiger partial charge in [0.2, 0.25) is 5.91 Å². The van der Waals surface area contributed by atoms with Gasteiger partial charge in [0.1, 0.15) is 6.04 Å². The van der Waals surface area contributed by atoms with Crippen molar-refractivity contribution in [3.8, 4) is 0 Å². The number of amides is 3. The first kappa shape index (κ1) is 22.2. The molecule has 5 nitrogen and oxygen atoms in total. The van der Waals surface area contributed by atoms with Gasteiger partial charge < -0.3 is 15.5 Å². The van der Waals surface area contributed by atoms with E-state index in [1.54, 1.807) is 29.2 Å². The molecule has 1 heterocycles. The number of benzene rings is 2. The van der Waals surface area contributed by atoms with E-state index in [0.29, 0.717) is 30.2 Å². The lowest BCUT2D eigenvalue weighted by Gasteiger charge is -2.30. The van der Waals surface area contributed by atoms with E-state index in [-0.39, 0.29) is 17.4 Å². The molecule has 30 heavy (non-hydrogen) atoms. The maximum absolute atomic E-state index is 13.2. The summed E-state index contributed by atoms with van der Waals surface area (Å²) in [6.45, 7) is 7.52. The van der Waals surface area contributed by atoms with Gasteiger partial charge in [-0.25, -0.2) is 4.79 Å². The second kappa shape index (κ2) is 9.52. The highest BCUT2D eigenvalue weighted by Crippen LogP contribution is 2.24. The predicted molar refractivity (Wildman–Crippen MR) is 122 cm³/mol. The average molecular weight is 428 g/mol. The molecule has 2 aromatic rings.